The van der Waals surface area contributed by atoms with Crippen molar-refractivity contribution in [3.63, 3.8) is 0 Å². The molecule has 2 aromatic rings. The van der Waals surface area contributed by atoms with Gasteiger partial charge in [0.2, 0.25) is 0 Å². The lowest BCUT2D eigenvalue weighted by Crippen LogP contribution is -2.06. The van der Waals surface area contributed by atoms with E-state index < -0.39 is 0 Å². The van der Waals surface area contributed by atoms with Gasteiger partial charge in [0.05, 0.1) is 19.3 Å². The SMILES string of the molecule is CCOC(=O)Cc1coc2ccc(C)cc12. The van der Waals surface area contributed by atoms with Crippen LogP contribution in [-0.2, 0) is 16.0 Å². The molecule has 0 aliphatic carbocycles. The summed E-state index contributed by atoms with van der Waals surface area (Å²) >= 11 is 0. The fourth-order valence-corrected chi connectivity index (χ4v) is 1.70. The number of carbonyl (C=O) groups excluding carboxylic acids is 1. The van der Waals surface area contributed by atoms with E-state index in [0.717, 1.165) is 22.1 Å². The summed E-state index contributed by atoms with van der Waals surface area (Å²) in [5.74, 6) is -0.216. The number of fused-ring (bicyclic) bond motifs is 1. The van der Waals surface area contributed by atoms with E-state index in [9.17, 15) is 4.79 Å². The lowest BCUT2D eigenvalue weighted by molar-refractivity contribution is -0.142. The van der Waals surface area contributed by atoms with Gasteiger partial charge in [-0.3, -0.25) is 4.79 Å². The highest BCUT2D eigenvalue weighted by atomic mass is 16.5. The molecule has 16 heavy (non-hydrogen) atoms. The molecule has 0 aliphatic rings. The van der Waals surface area contributed by atoms with E-state index in [1.54, 1.807) is 13.2 Å². The maximum atomic E-state index is 11.4. The molecule has 0 aliphatic heterocycles. The topological polar surface area (TPSA) is 39.4 Å². The number of aryl methyl sites for hydroxylation is 1. The Hall–Kier alpha value is -1.77. The summed E-state index contributed by atoms with van der Waals surface area (Å²) < 4.78 is 10.3. The zero-order chi connectivity index (χ0) is 11.5. The minimum atomic E-state index is -0.216. The molecule has 0 saturated heterocycles. The normalized spacial score (nSPS) is 10.6. The van der Waals surface area contributed by atoms with Crippen LogP contribution in [-0.4, -0.2) is 12.6 Å². The molecule has 3 heteroatoms. The van der Waals surface area contributed by atoms with Gasteiger partial charge in [0.1, 0.15) is 5.58 Å². The van der Waals surface area contributed by atoms with E-state index in [2.05, 4.69) is 0 Å². The van der Waals surface area contributed by atoms with Crippen molar-refractivity contribution in [1.29, 1.82) is 0 Å². The van der Waals surface area contributed by atoms with Gasteiger partial charge in [-0.2, -0.15) is 0 Å². The monoisotopic (exact) mass is 218 g/mol. The van der Waals surface area contributed by atoms with Crippen LogP contribution >= 0.6 is 0 Å². The van der Waals surface area contributed by atoms with Gasteiger partial charge in [0.15, 0.2) is 0 Å². The van der Waals surface area contributed by atoms with Crippen molar-refractivity contribution in [3.8, 4) is 0 Å². The molecule has 0 radical (unpaired) electrons. The molecule has 1 aromatic heterocycles. The predicted octanol–water partition coefficient (Wildman–Crippen LogP) is 2.85. The van der Waals surface area contributed by atoms with Crippen LogP contribution in [0, 0.1) is 6.92 Å². The average molecular weight is 218 g/mol. The number of ether oxygens (including phenoxy) is 1. The minimum Gasteiger partial charge on any atom is -0.466 e. The Bertz CT molecular complexity index is 511. The molecule has 0 saturated carbocycles. The Morgan fingerprint density at radius 3 is 3.00 bits per heavy atom. The van der Waals surface area contributed by atoms with Crippen LogP contribution in [0.2, 0.25) is 0 Å². The minimum absolute atomic E-state index is 0.216. The summed E-state index contributed by atoms with van der Waals surface area (Å²) in [6.45, 7) is 4.23. The van der Waals surface area contributed by atoms with Crippen LogP contribution in [0.5, 0.6) is 0 Å². The molecule has 0 bridgehead atoms. The smallest absolute Gasteiger partial charge is 0.310 e. The van der Waals surface area contributed by atoms with E-state index in [1.807, 2.05) is 25.1 Å². The Morgan fingerprint density at radius 2 is 2.25 bits per heavy atom. The van der Waals surface area contributed by atoms with E-state index in [-0.39, 0.29) is 12.4 Å². The summed E-state index contributed by atoms with van der Waals surface area (Å²) in [6.07, 6.45) is 1.89. The molecule has 1 aromatic carbocycles. The molecule has 0 N–H and O–H groups in total. The third-order valence-electron chi connectivity index (χ3n) is 2.45. The van der Waals surface area contributed by atoms with Gasteiger partial charge in [-0.1, -0.05) is 11.6 Å². The van der Waals surface area contributed by atoms with E-state index >= 15 is 0 Å². The molecule has 0 amide bonds. The van der Waals surface area contributed by atoms with Crippen molar-refractivity contribution >= 4 is 16.9 Å². The lowest BCUT2D eigenvalue weighted by atomic mass is 10.1. The first-order valence-corrected chi connectivity index (χ1v) is 5.33. The van der Waals surface area contributed by atoms with Crippen LogP contribution in [0.4, 0.5) is 0 Å². The number of hydrogen-bond donors (Lipinski definition) is 0. The van der Waals surface area contributed by atoms with E-state index in [1.165, 1.54) is 0 Å². The summed E-state index contributed by atoms with van der Waals surface area (Å²) in [7, 11) is 0. The molecule has 84 valence electrons. The van der Waals surface area contributed by atoms with Crippen molar-refractivity contribution in [2.75, 3.05) is 6.61 Å². The summed E-state index contributed by atoms with van der Waals surface area (Å²) in [6, 6.07) is 5.92. The number of rotatable bonds is 3. The van der Waals surface area contributed by atoms with Gasteiger partial charge in [-0.05, 0) is 26.0 Å². The predicted molar refractivity (Wildman–Crippen MR) is 61.3 cm³/mol. The van der Waals surface area contributed by atoms with Crippen molar-refractivity contribution in [2.45, 2.75) is 20.3 Å². The first-order valence-electron chi connectivity index (χ1n) is 5.33. The van der Waals surface area contributed by atoms with Gasteiger partial charge in [-0.15, -0.1) is 0 Å². The summed E-state index contributed by atoms with van der Waals surface area (Å²) in [5.41, 5.74) is 2.85. The van der Waals surface area contributed by atoms with Crippen LogP contribution in [0.1, 0.15) is 18.1 Å². The van der Waals surface area contributed by atoms with Gasteiger partial charge < -0.3 is 9.15 Å². The van der Waals surface area contributed by atoms with Gasteiger partial charge in [0, 0.05) is 10.9 Å². The summed E-state index contributed by atoms with van der Waals surface area (Å²) in [4.78, 5) is 11.4. The molecule has 1 heterocycles. The number of hydrogen-bond acceptors (Lipinski definition) is 3. The average Bonchev–Trinajstić information content (AvgIpc) is 2.61. The summed E-state index contributed by atoms with van der Waals surface area (Å²) in [5, 5.41) is 0.994. The highest BCUT2D eigenvalue weighted by molar-refractivity contribution is 5.86. The van der Waals surface area contributed by atoms with Crippen LogP contribution in [0.15, 0.2) is 28.9 Å². The van der Waals surface area contributed by atoms with Crippen molar-refractivity contribution in [2.24, 2.45) is 0 Å². The number of benzene rings is 1. The standard InChI is InChI=1S/C13H14O3/c1-3-15-13(14)7-10-8-16-12-5-4-9(2)6-11(10)12/h4-6,8H,3,7H2,1-2H3. The van der Waals surface area contributed by atoms with Crippen molar-refractivity contribution < 1.29 is 13.9 Å². The molecule has 3 nitrogen and oxygen atoms in total. The van der Waals surface area contributed by atoms with Crippen LogP contribution in [0.25, 0.3) is 11.0 Å². The van der Waals surface area contributed by atoms with Crippen LogP contribution in [0.3, 0.4) is 0 Å². The maximum absolute atomic E-state index is 11.4. The van der Waals surface area contributed by atoms with Crippen molar-refractivity contribution in [3.05, 3.63) is 35.6 Å². The van der Waals surface area contributed by atoms with E-state index in [4.69, 9.17) is 9.15 Å². The van der Waals surface area contributed by atoms with E-state index in [0.29, 0.717) is 6.61 Å². The zero-order valence-corrected chi connectivity index (χ0v) is 9.45. The first-order chi connectivity index (χ1) is 7.70. The zero-order valence-electron chi connectivity index (χ0n) is 9.45. The Labute approximate surface area is 94.0 Å². The number of esters is 1. The first kappa shape index (κ1) is 10.7. The lowest BCUT2D eigenvalue weighted by Gasteiger charge is -2.00. The van der Waals surface area contributed by atoms with Gasteiger partial charge in [-0.25, -0.2) is 0 Å². The Kier molecular flexibility index (Phi) is 2.95. The third-order valence-corrected chi connectivity index (χ3v) is 2.45. The molecule has 2 rings (SSSR count). The largest absolute Gasteiger partial charge is 0.466 e. The second-order valence-corrected chi connectivity index (χ2v) is 3.74. The Balaban J connectivity index is 2.30. The third kappa shape index (κ3) is 2.08. The molecule has 0 unspecified atom stereocenters. The fourth-order valence-electron chi connectivity index (χ4n) is 1.70. The number of carbonyl (C=O) groups is 1. The highest BCUT2D eigenvalue weighted by Crippen LogP contribution is 2.22. The van der Waals surface area contributed by atoms with Crippen molar-refractivity contribution in [1.82, 2.24) is 0 Å². The van der Waals surface area contributed by atoms with Gasteiger partial charge >= 0.3 is 5.97 Å². The maximum Gasteiger partial charge on any atom is 0.310 e. The quantitative estimate of drug-likeness (QED) is 0.743. The molecular formula is C13H14O3. The second kappa shape index (κ2) is 4.39. The fraction of sp³-hybridized carbons (Fsp3) is 0.308. The highest BCUT2D eigenvalue weighted by Gasteiger charge is 2.10. The van der Waals surface area contributed by atoms with Crippen LogP contribution < -0.4 is 0 Å². The molecule has 0 spiro atoms. The Morgan fingerprint density at radius 1 is 1.44 bits per heavy atom. The molecule has 0 atom stereocenters. The van der Waals surface area contributed by atoms with Gasteiger partial charge in [0.25, 0.3) is 0 Å². The molecule has 0 fully saturated rings. The second-order valence-electron chi connectivity index (χ2n) is 3.74. The number of furan rings is 1. The molecular weight excluding hydrogens is 204 g/mol.